The zero-order valence-corrected chi connectivity index (χ0v) is 26.6. The predicted octanol–water partition coefficient (Wildman–Crippen LogP) is 7.23. The minimum Gasteiger partial charge on any atom is -0.465 e. The van der Waals surface area contributed by atoms with E-state index in [4.69, 9.17) is 4.74 Å². The molecule has 1 saturated heterocycles. The van der Waals surface area contributed by atoms with Gasteiger partial charge >= 0.3 is 6.09 Å². The van der Waals surface area contributed by atoms with Crippen LogP contribution in [0.15, 0.2) is 85.2 Å². The van der Waals surface area contributed by atoms with Crippen LogP contribution in [0.2, 0.25) is 0 Å². The van der Waals surface area contributed by atoms with E-state index in [1.165, 1.54) is 29.2 Å². The number of carboxylic acid groups (broad SMARTS) is 1. The lowest BCUT2D eigenvalue weighted by Crippen LogP contribution is -2.44. The number of anilines is 2. The number of piperidine rings is 1. The molecule has 3 N–H and O–H groups in total. The highest BCUT2D eigenvalue weighted by molar-refractivity contribution is 7.91. The second-order valence-electron chi connectivity index (χ2n) is 11.5. The van der Waals surface area contributed by atoms with Gasteiger partial charge in [-0.2, -0.15) is 0 Å². The van der Waals surface area contributed by atoms with Crippen molar-refractivity contribution in [2.75, 3.05) is 23.1 Å². The van der Waals surface area contributed by atoms with Gasteiger partial charge in [-0.05, 0) is 55.2 Å². The second kappa shape index (κ2) is 13.8. The van der Waals surface area contributed by atoms with Gasteiger partial charge in [0, 0.05) is 47.9 Å². The van der Waals surface area contributed by atoms with Gasteiger partial charge in [-0.3, -0.25) is 4.72 Å². The average molecular weight is 675 g/mol. The van der Waals surface area contributed by atoms with Crippen LogP contribution in [0.25, 0.3) is 22.0 Å². The Kier molecular flexibility index (Phi) is 9.35. The number of alkyl halides is 2. The van der Waals surface area contributed by atoms with Crippen molar-refractivity contribution in [2.24, 2.45) is 0 Å². The van der Waals surface area contributed by atoms with Crippen LogP contribution in [0.1, 0.15) is 36.0 Å². The molecule has 0 aliphatic carbocycles. The Labute approximate surface area is 275 Å². The number of aromatic nitrogens is 3. The van der Waals surface area contributed by atoms with E-state index in [9.17, 15) is 27.1 Å². The van der Waals surface area contributed by atoms with E-state index in [2.05, 4.69) is 25.0 Å². The number of rotatable bonds is 10. The molecular formula is C34H32F2N6O5S. The number of hydrogen-bond donors (Lipinski definition) is 3. The summed E-state index contributed by atoms with van der Waals surface area (Å²) in [6.07, 6.45) is 1.12. The van der Waals surface area contributed by atoms with Crippen LogP contribution < -0.4 is 14.8 Å². The summed E-state index contributed by atoms with van der Waals surface area (Å²) in [5, 5.41) is 13.9. The molecule has 0 saturated carbocycles. The smallest absolute Gasteiger partial charge is 0.407 e. The fraction of sp³-hybridized carbons (Fsp3) is 0.235. The first-order valence-corrected chi connectivity index (χ1v) is 16.8. The van der Waals surface area contributed by atoms with Gasteiger partial charge in [-0.1, -0.05) is 48.5 Å². The molecule has 6 rings (SSSR count). The van der Waals surface area contributed by atoms with Gasteiger partial charge in [0.05, 0.1) is 22.7 Å². The van der Waals surface area contributed by atoms with Crippen molar-refractivity contribution in [2.45, 2.75) is 38.0 Å². The van der Waals surface area contributed by atoms with Crippen LogP contribution in [0.4, 0.5) is 25.2 Å². The van der Waals surface area contributed by atoms with Crippen molar-refractivity contribution in [3.8, 4) is 22.9 Å². The summed E-state index contributed by atoms with van der Waals surface area (Å²) >= 11 is 0. The molecule has 11 nitrogen and oxygen atoms in total. The van der Waals surface area contributed by atoms with E-state index in [-0.39, 0.29) is 17.5 Å². The lowest BCUT2D eigenvalue weighted by atomic mass is 10.0. The molecule has 0 radical (unpaired) electrons. The highest BCUT2D eigenvalue weighted by Gasteiger charge is 2.24. The average Bonchev–Trinajstić information content (AvgIpc) is 3.06. The van der Waals surface area contributed by atoms with Gasteiger partial charge in [0.15, 0.2) is 0 Å². The fourth-order valence-corrected chi connectivity index (χ4v) is 6.86. The van der Waals surface area contributed by atoms with Gasteiger partial charge in [0.1, 0.15) is 5.75 Å². The molecule has 248 valence electrons. The molecule has 1 amide bonds. The zero-order chi connectivity index (χ0) is 33.8. The number of amides is 1. The largest absolute Gasteiger partial charge is 0.465 e. The van der Waals surface area contributed by atoms with E-state index in [1.54, 1.807) is 42.7 Å². The molecule has 1 atom stereocenters. The predicted molar refractivity (Wildman–Crippen MR) is 178 cm³/mol. The van der Waals surface area contributed by atoms with Crippen LogP contribution in [-0.4, -0.2) is 58.6 Å². The van der Waals surface area contributed by atoms with Crippen molar-refractivity contribution in [1.82, 2.24) is 19.9 Å². The van der Waals surface area contributed by atoms with Crippen LogP contribution in [0, 0.1) is 6.92 Å². The fourth-order valence-electron chi connectivity index (χ4n) is 5.64. The molecule has 3 aromatic carbocycles. The number of benzene rings is 3. The molecule has 1 unspecified atom stereocenters. The van der Waals surface area contributed by atoms with E-state index in [0.29, 0.717) is 58.1 Å². The first-order valence-electron chi connectivity index (χ1n) is 15.2. The first kappa shape index (κ1) is 32.6. The maximum Gasteiger partial charge on any atom is 0.407 e. The molecule has 5 aromatic rings. The summed E-state index contributed by atoms with van der Waals surface area (Å²) in [6, 6.07) is 19.1. The van der Waals surface area contributed by atoms with Crippen LogP contribution in [0.5, 0.6) is 11.6 Å². The minimum absolute atomic E-state index is 0.134. The summed E-state index contributed by atoms with van der Waals surface area (Å²) in [4.78, 5) is 26.3. The second-order valence-corrected chi connectivity index (χ2v) is 13.2. The van der Waals surface area contributed by atoms with E-state index in [1.807, 2.05) is 25.1 Å². The summed E-state index contributed by atoms with van der Waals surface area (Å²) in [5.41, 5.74) is 2.43. The normalized spacial score (nSPS) is 15.0. The first-order chi connectivity index (χ1) is 23.1. The van der Waals surface area contributed by atoms with E-state index < -0.39 is 28.3 Å². The number of likely N-dealkylation sites (tertiary alicyclic amines) is 1. The third kappa shape index (κ3) is 7.44. The number of pyridine rings is 1. The van der Waals surface area contributed by atoms with Crippen molar-refractivity contribution >= 4 is 38.5 Å². The van der Waals surface area contributed by atoms with E-state index >= 15 is 0 Å². The number of carbonyl (C=O) groups is 1. The van der Waals surface area contributed by atoms with Crippen molar-refractivity contribution < 1.29 is 31.8 Å². The monoisotopic (exact) mass is 674 g/mol. The molecule has 1 aliphatic heterocycles. The number of fused-ring (bicyclic) bond motifs is 1. The lowest BCUT2D eigenvalue weighted by molar-refractivity contribution is 0.132. The molecule has 14 heteroatoms. The third-order valence-corrected chi connectivity index (χ3v) is 9.23. The molecule has 3 heterocycles. The SMILES string of the molecule is Cc1ccc2c(NS(=O)(=O)Cc3ccc(C(F)F)cc3)cccc2c1Oc1ncccc1-c1ccnc(NC2CCCN(C(=O)O)C2)n1. The molecule has 1 aliphatic rings. The van der Waals surface area contributed by atoms with Gasteiger partial charge in [0.2, 0.25) is 21.9 Å². The van der Waals surface area contributed by atoms with Crippen LogP contribution in [0.3, 0.4) is 0 Å². The summed E-state index contributed by atoms with van der Waals surface area (Å²) in [7, 11) is -3.90. The van der Waals surface area contributed by atoms with Crippen LogP contribution in [-0.2, 0) is 15.8 Å². The topological polar surface area (TPSA) is 147 Å². The van der Waals surface area contributed by atoms with Gasteiger partial charge in [-0.15, -0.1) is 0 Å². The molecule has 2 aromatic heterocycles. The van der Waals surface area contributed by atoms with Gasteiger partial charge < -0.3 is 20.1 Å². The summed E-state index contributed by atoms with van der Waals surface area (Å²) in [5.74, 6) is 0.696. The van der Waals surface area contributed by atoms with Gasteiger partial charge in [0.25, 0.3) is 6.43 Å². The Morgan fingerprint density at radius 1 is 1.02 bits per heavy atom. The highest BCUT2D eigenvalue weighted by Crippen LogP contribution is 2.39. The van der Waals surface area contributed by atoms with Gasteiger partial charge in [-0.25, -0.2) is 36.9 Å². The Hall–Kier alpha value is -5.37. The number of nitrogens with one attached hydrogen (secondary N) is 2. The number of sulfonamides is 1. The standard InChI is InChI=1S/C34H32F2N6O5S/c1-21-9-14-25-26(6-2-8-29(25)41-48(45,46)20-22-10-12-23(13-11-22)31(35)36)30(21)47-32-27(7-3-16-37-32)28-15-17-38-33(40-28)39-24-5-4-18-42(19-24)34(43)44/h2-3,6-17,24,31,41H,4-5,18-20H2,1H3,(H,43,44)(H,38,39,40). The number of aryl methyl sites for hydroxylation is 1. The third-order valence-electron chi connectivity index (χ3n) is 7.99. The number of nitrogens with zero attached hydrogens (tertiary/aromatic N) is 4. The van der Waals surface area contributed by atoms with Crippen molar-refractivity contribution in [1.29, 1.82) is 0 Å². The molecule has 0 spiro atoms. The minimum atomic E-state index is -3.90. The Morgan fingerprint density at radius 3 is 2.60 bits per heavy atom. The number of halogens is 2. The zero-order valence-electron chi connectivity index (χ0n) is 25.8. The van der Waals surface area contributed by atoms with Crippen molar-refractivity contribution in [3.63, 3.8) is 0 Å². The van der Waals surface area contributed by atoms with Crippen molar-refractivity contribution in [3.05, 3.63) is 102 Å². The number of ether oxygens (including phenoxy) is 1. The maximum atomic E-state index is 13.1. The molecule has 1 fully saturated rings. The molecule has 0 bridgehead atoms. The Bertz CT molecular complexity index is 2060. The Balaban J connectivity index is 1.26. The molecular weight excluding hydrogens is 642 g/mol. The molecule has 48 heavy (non-hydrogen) atoms. The summed E-state index contributed by atoms with van der Waals surface area (Å²) < 4.78 is 61.2. The van der Waals surface area contributed by atoms with E-state index in [0.717, 1.165) is 18.4 Å². The highest BCUT2D eigenvalue weighted by atomic mass is 32.2. The Morgan fingerprint density at radius 2 is 1.83 bits per heavy atom. The number of hydrogen-bond acceptors (Lipinski definition) is 8. The maximum absolute atomic E-state index is 13.1. The quantitative estimate of drug-likeness (QED) is 0.140. The summed E-state index contributed by atoms with van der Waals surface area (Å²) in [6.45, 7) is 2.69. The van der Waals surface area contributed by atoms with Crippen LogP contribution >= 0.6 is 0 Å². The lowest BCUT2D eigenvalue weighted by Gasteiger charge is -2.31.